The normalized spacial score (nSPS) is 15.6. The quantitative estimate of drug-likeness (QED) is 0.751. The number of anilines is 1. The van der Waals surface area contributed by atoms with E-state index < -0.39 is 11.2 Å². The summed E-state index contributed by atoms with van der Waals surface area (Å²) < 4.78 is 27.3. The van der Waals surface area contributed by atoms with Crippen molar-refractivity contribution in [1.82, 2.24) is 4.98 Å². The Labute approximate surface area is 131 Å². The Bertz CT molecular complexity index is 912. The Morgan fingerprint density at radius 3 is 2.65 bits per heavy atom. The molecule has 0 aliphatic heterocycles. The van der Waals surface area contributed by atoms with Crippen molar-refractivity contribution >= 4 is 22.5 Å². The first kappa shape index (κ1) is 13.9. The van der Waals surface area contributed by atoms with Gasteiger partial charge in [0.15, 0.2) is 0 Å². The summed E-state index contributed by atoms with van der Waals surface area (Å²) in [4.78, 5) is 15.8. The van der Waals surface area contributed by atoms with Crippen LogP contribution in [0, 0.1) is 11.6 Å². The summed E-state index contributed by atoms with van der Waals surface area (Å²) in [5, 5.41) is 3.36. The number of aromatic nitrogens is 1. The molecule has 2 N–H and O–H groups in total. The maximum absolute atomic E-state index is 13.7. The van der Waals surface area contributed by atoms with Gasteiger partial charge in [0, 0.05) is 17.1 Å². The van der Waals surface area contributed by atoms with Gasteiger partial charge in [-0.2, -0.15) is 0 Å². The van der Waals surface area contributed by atoms with Gasteiger partial charge in [-0.25, -0.2) is 8.78 Å². The van der Waals surface area contributed by atoms with Crippen LogP contribution in [-0.4, -0.2) is 10.9 Å². The zero-order valence-corrected chi connectivity index (χ0v) is 12.2. The van der Waals surface area contributed by atoms with E-state index in [0.717, 1.165) is 11.1 Å². The highest BCUT2D eigenvalue weighted by Crippen LogP contribution is 2.51. The van der Waals surface area contributed by atoms with Crippen LogP contribution in [0.1, 0.15) is 18.4 Å². The molecule has 5 heteroatoms. The highest BCUT2D eigenvalue weighted by molar-refractivity contribution is 6.04. The number of hydrogen-bond acceptors (Lipinski definition) is 1. The number of halogens is 2. The molecular weight excluding hydrogens is 298 g/mol. The molecule has 1 heterocycles. The molecular formula is C18H14F2N2O. The zero-order chi connectivity index (χ0) is 16.0. The standard InChI is InChI=1S/C18H14F2N2O/c19-11-5-6-15-12(9-11)13(10-21-15)18(7-8-18)17(23)22-16-4-2-1-3-14(16)20/h1-6,9-10,21H,7-8H2,(H,22,23). The van der Waals surface area contributed by atoms with Crippen molar-refractivity contribution in [1.29, 1.82) is 0 Å². The number of H-pyrrole nitrogens is 1. The molecule has 4 rings (SSSR count). The molecule has 3 aromatic rings. The summed E-state index contributed by atoms with van der Waals surface area (Å²) in [6, 6.07) is 10.5. The Morgan fingerprint density at radius 2 is 1.91 bits per heavy atom. The highest BCUT2D eigenvalue weighted by Gasteiger charge is 2.52. The van der Waals surface area contributed by atoms with E-state index >= 15 is 0 Å². The van der Waals surface area contributed by atoms with Crippen LogP contribution in [0.2, 0.25) is 0 Å². The molecule has 0 spiro atoms. The van der Waals surface area contributed by atoms with Crippen molar-refractivity contribution in [3.05, 3.63) is 65.9 Å². The van der Waals surface area contributed by atoms with Gasteiger partial charge in [-0.1, -0.05) is 12.1 Å². The third kappa shape index (κ3) is 2.20. The summed E-state index contributed by atoms with van der Waals surface area (Å²) in [6.07, 6.45) is 3.07. The molecule has 0 unspecified atom stereocenters. The van der Waals surface area contributed by atoms with E-state index in [-0.39, 0.29) is 17.4 Å². The van der Waals surface area contributed by atoms with Crippen LogP contribution in [0.15, 0.2) is 48.7 Å². The minimum absolute atomic E-state index is 0.162. The molecule has 0 saturated heterocycles. The van der Waals surface area contributed by atoms with Crippen LogP contribution in [0.4, 0.5) is 14.5 Å². The summed E-state index contributed by atoms with van der Waals surface area (Å²) in [5.74, 6) is -1.07. The molecule has 23 heavy (non-hydrogen) atoms. The lowest BCUT2D eigenvalue weighted by Gasteiger charge is -2.15. The third-order valence-corrected chi connectivity index (χ3v) is 4.47. The monoisotopic (exact) mass is 312 g/mol. The number of fused-ring (bicyclic) bond motifs is 1. The predicted molar refractivity (Wildman–Crippen MR) is 84.2 cm³/mol. The SMILES string of the molecule is O=C(Nc1ccccc1F)C1(c2c[nH]c3ccc(F)cc23)CC1. The molecule has 116 valence electrons. The second-order valence-electron chi connectivity index (χ2n) is 5.91. The molecule has 1 saturated carbocycles. The first-order valence-corrected chi connectivity index (χ1v) is 7.43. The van der Waals surface area contributed by atoms with E-state index in [2.05, 4.69) is 10.3 Å². The van der Waals surface area contributed by atoms with Crippen molar-refractivity contribution in [3.63, 3.8) is 0 Å². The maximum atomic E-state index is 13.7. The van der Waals surface area contributed by atoms with Crippen LogP contribution < -0.4 is 5.32 Å². The third-order valence-electron chi connectivity index (χ3n) is 4.47. The highest BCUT2D eigenvalue weighted by atomic mass is 19.1. The number of carbonyl (C=O) groups excluding carboxylic acids is 1. The average Bonchev–Trinajstić information content (AvgIpc) is 3.24. The zero-order valence-electron chi connectivity index (χ0n) is 12.2. The number of nitrogens with one attached hydrogen (secondary N) is 2. The predicted octanol–water partition coefficient (Wildman–Crippen LogP) is 4.12. The summed E-state index contributed by atoms with van der Waals surface area (Å²) in [6.45, 7) is 0. The van der Waals surface area contributed by atoms with Crippen molar-refractivity contribution in [2.24, 2.45) is 0 Å². The van der Waals surface area contributed by atoms with Crippen molar-refractivity contribution in [2.75, 3.05) is 5.32 Å². The van der Waals surface area contributed by atoms with E-state index in [0.29, 0.717) is 18.2 Å². The first-order chi connectivity index (χ1) is 11.1. The first-order valence-electron chi connectivity index (χ1n) is 7.43. The molecule has 1 amide bonds. The van der Waals surface area contributed by atoms with Crippen molar-refractivity contribution in [3.8, 4) is 0 Å². The van der Waals surface area contributed by atoms with Gasteiger partial charge in [0.1, 0.15) is 11.6 Å². The van der Waals surface area contributed by atoms with E-state index in [9.17, 15) is 13.6 Å². The fourth-order valence-electron chi connectivity index (χ4n) is 3.04. The average molecular weight is 312 g/mol. The molecule has 1 aromatic heterocycles. The maximum Gasteiger partial charge on any atom is 0.235 e. The fraction of sp³-hybridized carbons (Fsp3) is 0.167. The lowest BCUT2D eigenvalue weighted by molar-refractivity contribution is -0.118. The van der Waals surface area contributed by atoms with Gasteiger partial charge in [0.2, 0.25) is 5.91 Å². The molecule has 0 radical (unpaired) electrons. The Hall–Kier alpha value is -2.69. The smallest absolute Gasteiger partial charge is 0.235 e. The van der Waals surface area contributed by atoms with E-state index in [1.807, 2.05) is 0 Å². The van der Waals surface area contributed by atoms with Gasteiger partial charge in [-0.05, 0) is 48.7 Å². The molecule has 1 aliphatic carbocycles. The summed E-state index contributed by atoms with van der Waals surface area (Å²) >= 11 is 0. The summed E-state index contributed by atoms with van der Waals surface area (Å²) in [5.41, 5.74) is 0.996. The van der Waals surface area contributed by atoms with E-state index in [1.165, 1.54) is 24.3 Å². The van der Waals surface area contributed by atoms with Crippen LogP contribution in [0.5, 0.6) is 0 Å². The van der Waals surface area contributed by atoms with Crippen molar-refractivity contribution in [2.45, 2.75) is 18.3 Å². The van der Waals surface area contributed by atoms with Crippen molar-refractivity contribution < 1.29 is 13.6 Å². The van der Waals surface area contributed by atoms with Crippen LogP contribution >= 0.6 is 0 Å². The number of aromatic amines is 1. The molecule has 3 nitrogen and oxygen atoms in total. The van der Waals surface area contributed by atoms with Crippen LogP contribution in [-0.2, 0) is 10.2 Å². The number of amides is 1. The topological polar surface area (TPSA) is 44.9 Å². The molecule has 2 aromatic carbocycles. The largest absolute Gasteiger partial charge is 0.361 e. The van der Waals surface area contributed by atoms with Gasteiger partial charge in [-0.3, -0.25) is 4.79 Å². The minimum Gasteiger partial charge on any atom is -0.361 e. The number of benzene rings is 2. The molecule has 1 aliphatic rings. The molecule has 0 bridgehead atoms. The van der Waals surface area contributed by atoms with Gasteiger partial charge in [-0.15, -0.1) is 0 Å². The lowest BCUT2D eigenvalue weighted by Crippen LogP contribution is -2.28. The van der Waals surface area contributed by atoms with Gasteiger partial charge in [0.05, 0.1) is 11.1 Å². The van der Waals surface area contributed by atoms with Crippen LogP contribution in [0.3, 0.4) is 0 Å². The number of para-hydroxylation sites is 1. The Kier molecular flexibility index (Phi) is 2.98. The Balaban J connectivity index is 1.71. The van der Waals surface area contributed by atoms with Gasteiger partial charge >= 0.3 is 0 Å². The fourth-order valence-corrected chi connectivity index (χ4v) is 3.04. The molecule has 1 fully saturated rings. The van der Waals surface area contributed by atoms with Crippen LogP contribution in [0.25, 0.3) is 10.9 Å². The number of carbonyl (C=O) groups is 1. The lowest BCUT2D eigenvalue weighted by atomic mass is 9.94. The summed E-state index contributed by atoms with van der Waals surface area (Å²) in [7, 11) is 0. The van der Waals surface area contributed by atoms with Gasteiger partial charge in [0.25, 0.3) is 0 Å². The number of hydrogen-bond donors (Lipinski definition) is 2. The second-order valence-corrected chi connectivity index (χ2v) is 5.91. The van der Waals surface area contributed by atoms with Gasteiger partial charge < -0.3 is 10.3 Å². The van der Waals surface area contributed by atoms with E-state index in [1.54, 1.807) is 24.4 Å². The van der Waals surface area contributed by atoms with E-state index in [4.69, 9.17) is 0 Å². The Morgan fingerprint density at radius 1 is 1.13 bits per heavy atom. The second kappa shape index (κ2) is 4.91. The number of rotatable bonds is 3. The molecule has 0 atom stereocenters. The minimum atomic E-state index is -0.714.